The van der Waals surface area contributed by atoms with Crippen molar-refractivity contribution in [3.05, 3.63) is 64.7 Å². The monoisotopic (exact) mass is 481 g/mol. The SMILES string of the molecule is COc1ccccc1CNC(=O)[C@H](C)N(Cc1ccc(Cl)cc1)C(=O)CN(C)S(C)(=O)=O. The predicted molar refractivity (Wildman–Crippen MR) is 124 cm³/mol. The first kappa shape index (κ1) is 25.6. The number of likely N-dealkylation sites (N-methyl/N-ethyl adjacent to an activating group) is 1. The van der Waals surface area contributed by atoms with Crippen LogP contribution in [-0.4, -0.2) is 62.4 Å². The summed E-state index contributed by atoms with van der Waals surface area (Å²) in [6.45, 7) is 1.57. The summed E-state index contributed by atoms with van der Waals surface area (Å²) in [5, 5.41) is 3.37. The smallest absolute Gasteiger partial charge is 0.242 e. The van der Waals surface area contributed by atoms with Crippen LogP contribution in [0.4, 0.5) is 0 Å². The lowest BCUT2D eigenvalue weighted by molar-refractivity contribution is -0.140. The molecule has 0 aliphatic rings. The number of halogens is 1. The van der Waals surface area contributed by atoms with Crippen molar-refractivity contribution in [3.63, 3.8) is 0 Å². The van der Waals surface area contributed by atoms with Crippen molar-refractivity contribution < 1.29 is 22.7 Å². The minimum absolute atomic E-state index is 0.122. The number of hydrogen-bond donors (Lipinski definition) is 1. The van der Waals surface area contributed by atoms with Gasteiger partial charge in [-0.1, -0.05) is 41.9 Å². The highest BCUT2D eigenvalue weighted by molar-refractivity contribution is 7.88. The standard InChI is InChI=1S/C22H28ClN3O5S/c1-16(22(28)24-13-18-7-5-6-8-20(18)31-3)26(14-17-9-11-19(23)12-10-17)21(27)15-25(2)32(4,29)30/h5-12,16H,13-15H2,1-4H3,(H,24,28)/t16-/m0/s1. The molecule has 2 aromatic carbocycles. The molecule has 0 radical (unpaired) electrons. The molecule has 0 fully saturated rings. The Morgan fingerprint density at radius 2 is 1.75 bits per heavy atom. The molecule has 0 spiro atoms. The van der Waals surface area contributed by atoms with Gasteiger partial charge in [-0.25, -0.2) is 8.42 Å². The third-order valence-electron chi connectivity index (χ3n) is 5.00. The van der Waals surface area contributed by atoms with E-state index in [0.717, 1.165) is 21.7 Å². The molecule has 0 saturated carbocycles. The molecule has 0 unspecified atom stereocenters. The third-order valence-corrected chi connectivity index (χ3v) is 6.52. The summed E-state index contributed by atoms with van der Waals surface area (Å²) >= 11 is 5.94. The van der Waals surface area contributed by atoms with Crippen LogP contribution in [0.5, 0.6) is 5.75 Å². The maximum Gasteiger partial charge on any atom is 0.242 e. The normalized spacial score (nSPS) is 12.3. The van der Waals surface area contributed by atoms with E-state index in [9.17, 15) is 18.0 Å². The highest BCUT2D eigenvalue weighted by Crippen LogP contribution is 2.18. The summed E-state index contributed by atoms with van der Waals surface area (Å²) in [6, 6.07) is 13.3. The van der Waals surface area contributed by atoms with Gasteiger partial charge in [0.1, 0.15) is 11.8 Å². The molecule has 0 aliphatic carbocycles. The van der Waals surface area contributed by atoms with Crippen LogP contribution >= 0.6 is 11.6 Å². The second-order valence-corrected chi connectivity index (χ2v) is 9.90. The molecule has 0 heterocycles. The lowest BCUT2D eigenvalue weighted by Gasteiger charge is -2.30. The van der Waals surface area contributed by atoms with Gasteiger partial charge < -0.3 is 15.0 Å². The van der Waals surface area contributed by atoms with Gasteiger partial charge >= 0.3 is 0 Å². The predicted octanol–water partition coefficient (Wildman–Crippen LogP) is 2.27. The number of para-hydroxylation sites is 1. The van der Waals surface area contributed by atoms with Crippen LogP contribution in [-0.2, 0) is 32.7 Å². The van der Waals surface area contributed by atoms with Crippen molar-refractivity contribution in [3.8, 4) is 5.75 Å². The van der Waals surface area contributed by atoms with E-state index >= 15 is 0 Å². The van der Waals surface area contributed by atoms with E-state index in [1.807, 2.05) is 18.2 Å². The molecule has 1 N–H and O–H groups in total. The van der Waals surface area contributed by atoms with Gasteiger partial charge in [-0.15, -0.1) is 0 Å². The minimum Gasteiger partial charge on any atom is -0.496 e. The Bertz CT molecular complexity index is 1040. The Kier molecular flexibility index (Phi) is 9.06. The lowest BCUT2D eigenvalue weighted by atomic mass is 10.1. The van der Waals surface area contributed by atoms with Crippen LogP contribution in [0.25, 0.3) is 0 Å². The number of hydrogen-bond acceptors (Lipinski definition) is 5. The summed E-state index contributed by atoms with van der Waals surface area (Å²) in [5.41, 5.74) is 1.55. The zero-order chi connectivity index (χ0) is 23.9. The second kappa shape index (κ2) is 11.3. The molecule has 0 saturated heterocycles. The Morgan fingerprint density at radius 1 is 1.12 bits per heavy atom. The van der Waals surface area contributed by atoms with Gasteiger partial charge in [-0.05, 0) is 30.7 Å². The highest BCUT2D eigenvalue weighted by Gasteiger charge is 2.28. The molecule has 2 amide bonds. The van der Waals surface area contributed by atoms with Crippen molar-refractivity contribution in [1.29, 1.82) is 0 Å². The molecule has 32 heavy (non-hydrogen) atoms. The fourth-order valence-electron chi connectivity index (χ4n) is 2.95. The van der Waals surface area contributed by atoms with Gasteiger partial charge in [0.25, 0.3) is 0 Å². The Labute approximate surface area is 194 Å². The maximum atomic E-state index is 13.0. The molecule has 0 aromatic heterocycles. The van der Waals surface area contributed by atoms with Crippen LogP contribution in [0.1, 0.15) is 18.1 Å². The summed E-state index contributed by atoms with van der Waals surface area (Å²) in [7, 11) is -0.687. The number of rotatable bonds is 10. The number of amides is 2. The van der Waals surface area contributed by atoms with Crippen LogP contribution in [0.2, 0.25) is 5.02 Å². The van der Waals surface area contributed by atoms with Crippen molar-refractivity contribution in [1.82, 2.24) is 14.5 Å². The van der Waals surface area contributed by atoms with E-state index in [-0.39, 0.29) is 25.5 Å². The fraction of sp³-hybridized carbons (Fsp3) is 0.364. The molecule has 8 nitrogen and oxygen atoms in total. The Hall–Kier alpha value is -2.62. The highest BCUT2D eigenvalue weighted by atomic mass is 35.5. The molecule has 174 valence electrons. The van der Waals surface area contributed by atoms with Crippen LogP contribution in [0, 0.1) is 0 Å². The van der Waals surface area contributed by atoms with Crippen molar-refractivity contribution in [2.24, 2.45) is 0 Å². The van der Waals surface area contributed by atoms with Gasteiger partial charge in [0.05, 0.1) is 19.9 Å². The van der Waals surface area contributed by atoms with E-state index in [1.165, 1.54) is 11.9 Å². The summed E-state index contributed by atoms with van der Waals surface area (Å²) in [6.07, 6.45) is 1.02. The third kappa shape index (κ3) is 7.22. The Balaban J connectivity index is 2.19. The quantitative estimate of drug-likeness (QED) is 0.561. The molecule has 1 atom stereocenters. The molecular formula is C22H28ClN3O5S. The zero-order valence-corrected chi connectivity index (χ0v) is 20.1. The first-order valence-electron chi connectivity index (χ1n) is 9.87. The molecule has 2 rings (SSSR count). The van der Waals surface area contributed by atoms with Crippen LogP contribution in [0.3, 0.4) is 0 Å². The number of carbonyl (C=O) groups is 2. The second-order valence-electron chi connectivity index (χ2n) is 7.37. The van der Waals surface area contributed by atoms with Gasteiger partial charge in [-0.2, -0.15) is 4.31 Å². The van der Waals surface area contributed by atoms with Crippen molar-refractivity contribution in [2.45, 2.75) is 26.1 Å². The van der Waals surface area contributed by atoms with Gasteiger partial charge in [0.2, 0.25) is 21.8 Å². The zero-order valence-electron chi connectivity index (χ0n) is 18.5. The number of benzene rings is 2. The first-order valence-corrected chi connectivity index (χ1v) is 12.1. The molecule has 0 bridgehead atoms. The van der Waals surface area contributed by atoms with Gasteiger partial charge in [-0.3, -0.25) is 9.59 Å². The summed E-state index contributed by atoms with van der Waals surface area (Å²) in [4.78, 5) is 27.2. The Morgan fingerprint density at radius 3 is 2.34 bits per heavy atom. The minimum atomic E-state index is -3.56. The van der Waals surface area contributed by atoms with E-state index in [0.29, 0.717) is 10.8 Å². The number of nitrogens with zero attached hydrogens (tertiary/aromatic N) is 2. The van der Waals surface area contributed by atoms with E-state index in [2.05, 4.69) is 5.32 Å². The number of methoxy groups -OCH3 is 1. The largest absolute Gasteiger partial charge is 0.496 e. The molecule has 2 aromatic rings. The number of ether oxygens (including phenoxy) is 1. The topological polar surface area (TPSA) is 96.0 Å². The van der Waals surface area contributed by atoms with Gasteiger partial charge in [0, 0.05) is 30.7 Å². The first-order chi connectivity index (χ1) is 15.0. The molecule has 0 aliphatic heterocycles. The number of carbonyl (C=O) groups excluding carboxylic acids is 2. The maximum absolute atomic E-state index is 13.0. The fourth-order valence-corrected chi connectivity index (χ4v) is 3.42. The molecular weight excluding hydrogens is 454 g/mol. The van der Waals surface area contributed by atoms with Crippen LogP contribution in [0.15, 0.2) is 48.5 Å². The van der Waals surface area contributed by atoms with E-state index in [4.69, 9.17) is 16.3 Å². The van der Waals surface area contributed by atoms with Crippen LogP contribution < -0.4 is 10.1 Å². The van der Waals surface area contributed by atoms with Gasteiger partial charge in [0.15, 0.2) is 0 Å². The average molecular weight is 482 g/mol. The number of nitrogens with one attached hydrogen (secondary N) is 1. The number of sulfonamides is 1. The van der Waals surface area contributed by atoms with Crippen molar-refractivity contribution >= 4 is 33.4 Å². The summed E-state index contributed by atoms with van der Waals surface area (Å²) < 4.78 is 29.8. The van der Waals surface area contributed by atoms with E-state index < -0.39 is 22.0 Å². The van der Waals surface area contributed by atoms with E-state index in [1.54, 1.807) is 44.4 Å². The average Bonchev–Trinajstić information content (AvgIpc) is 2.75. The molecule has 10 heteroatoms. The van der Waals surface area contributed by atoms with Crippen molar-refractivity contribution in [2.75, 3.05) is 27.0 Å². The summed E-state index contributed by atoms with van der Waals surface area (Å²) in [5.74, 6) is -0.225. The lowest BCUT2D eigenvalue weighted by Crippen LogP contribution is -2.50.